The number of aromatic nitrogens is 1. The first-order valence-corrected chi connectivity index (χ1v) is 11.3. The van der Waals surface area contributed by atoms with Gasteiger partial charge in [-0.25, -0.2) is 0 Å². The Labute approximate surface area is 173 Å². The Hall–Kier alpha value is -2.20. The molecular formula is C20H25F3N2O4S. The maximum absolute atomic E-state index is 13.0. The van der Waals surface area contributed by atoms with Gasteiger partial charge >= 0.3 is 15.6 Å². The zero-order valence-corrected chi connectivity index (χ0v) is 17.7. The van der Waals surface area contributed by atoms with Crippen LogP contribution in [0.1, 0.15) is 38.8 Å². The van der Waals surface area contributed by atoms with Crippen molar-refractivity contribution >= 4 is 26.6 Å². The van der Waals surface area contributed by atoms with Gasteiger partial charge in [0.05, 0.1) is 23.2 Å². The van der Waals surface area contributed by atoms with E-state index in [2.05, 4.69) is 21.0 Å². The molecule has 2 heterocycles. The van der Waals surface area contributed by atoms with Crippen molar-refractivity contribution in [1.82, 2.24) is 9.88 Å². The molecule has 1 N–H and O–H groups in total. The number of rotatable bonds is 8. The first-order valence-electron chi connectivity index (χ1n) is 9.88. The Bertz CT molecular complexity index is 1030. The monoisotopic (exact) mass is 446 g/mol. The van der Waals surface area contributed by atoms with Crippen molar-refractivity contribution in [3.05, 3.63) is 30.0 Å². The predicted octanol–water partition coefficient (Wildman–Crippen LogP) is 4.68. The summed E-state index contributed by atoms with van der Waals surface area (Å²) in [6.07, 6.45) is 4.59. The topological polar surface area (TPSA) is 71.6 Å². The predicted molar refractivity (Wildman–Crippen MR) is 109 cm³/mol. The quantitative estimate of drug-likeness (QED) is 0.471. The Morgan fingerprint density at radius 2 is 2.00 bits per heavy atom. The molecule has 6 nitrogen and oxygen atoms in total. The number of nitrogens with one attached hydrogen (secondary N) is 1. The van der Waals surface area contributed by atoms with E-state index >= 15 is 0 Å². The van der Waals surface area contributed by atoms with E-state index in [4.69, 9.17) is 4.74 Å². The summed E-state index contributed by atoms with van der Waals surface area (Å²) in [5.74, 6) is -0.120. The van der Waals surface area contributed by atoms with Crippen LogP contribution in [0.2, 0.25) is 0 Å². The number of nitrogens with zero attached hydrogens (tertiary/aromatic N) is 1. The lowest BCUT2D eigenvalue weighted by Gasteiger charge is -2.26. The molecule has 1 aromatic carbocycles. The number of ether oxygens (including phenoxy) is 1. The largest absolute Gasteiger partial charge is 0.534 e. The average Bonchev–Trinajstić information content (AvgIpc) is 3.05. The third-order valence-corrected chi connectivity index (χ3v) is 5.91. The second kappa shape index (κ2) is 8.89. The highest BCUT2D eigenvalue weighted by Gasteiger charge is 2.49. The molecule has 0 amide bonds. The van der Waals surface area contributed by atoms with E-state index in [9.17, 15) is 21.6 Å². The summed E-state index contributed by atoms with van der Waals surface area (Å²) in [7, 11) is -5.84. The van der Waals surface area contributed by atoms with Gasteiger partial charge in [-0.2, -0.15) is 21.6 Å². The van der Waals surface area contributed by atoms with Crippen molar-refractivity contribution in [3.8, 4) is 11.5 Å². The molecule has 166 valence electrons. The minimum absolute atomic E-state index is 0.177. The zero-order chi connectivity index (χ0) is 21.9. The number of unbranched alkanes of at least 4 members (excludes halogenated alkanes) is 1. The highest BCUT2D eigenvalue weighted by atomic mass is 32.2. The van der Waals surface area contributed by atoms with Gasteiger partial charge in [0.2, 0.25) is 0 Å². The van der Waals surface area contributed by atoms with Crippen molar-refractivity contribution in [1.29, 1.82) is 0 Å². The Morgan fingerprint density at radius 1 is 1.23 bits per heavy atom. The molecular weight excluding hydrogens is 421 g/mol. The molecule has 0 saturated carbocycles. The summed E-state index contributed by atoms with van der Waals surface area (Å²) >= 11 is 0. The number of alkyl halides is 3. The maximum Gasteiger partial charge on any atom is 0.534 e. The van der Waals surface area contributed by atoms with Gasteiger partial charge in [-0.15, -0.1) is 0 Å². The number of fused-ring (bicyclic) bond motifs is 1. The number of aromatic amines is 1. The van der Waals surface area contributed by atoms with Gasteiger partial charge in [0.15, 0.2) is 5.75 Å². The van der Waals surface area contributed by atoms with Gasteiger partial charge in [-0.05, 0) is 44.0 Å². The van der Waals surface area contributed by atoms with Crippen LogP contribution in [0.15, 0.2) is 24.3 Å². The van der Waals surface area contributed by atoms with Crippen LogP contribution in [-0.4, -0.2) is 50.1 Å². The van der Waals surface area contributed by atoms with E-state index in [1.165, 1.54) is 0 Å². The molecule has 0 bridgehead atoms. The molecule has 1 aliphatic heterocycles. The smallest absolute Gasteiger partial charge is 0.493 e. The fourth-order valence-electron chi connectivity index (χ4n) is 3.45. The molecule has 10 heteroatoms. The fourth-order valence-corrected chi connectivity index (χ4v) is 3.93. The highest BCUT2D eigenvalue weighted by molar-refractivity contribution is 7.88. The Kier molecular flexibility index (Phi) is 6.66. The summed E-state index contributed by atoms with van der Waals surface area (Å²) < 4.78 is 72.9. The van der Waals surface area contributed by atoms with Gasteiger partial charge in [0.1, 0.15) is 5.75 Å². The van der Waals surface area contributed by atoms with Gasteiger partial charge in [-0.1, -0.05) is 25.5 Å². The molecule has 0 spiro atoms. The summed E-state index contributed by atoms with van der Waals surface area (Å²) in [6.45, 7) is 6.40. The summed E-state index contributed by atoms with van der Waals surface area (Å²) in [6, 6.07) is 4.89. The molecule has 30 heavy (non-hydrogen) atoms. The van der Waals surface area contributed by atoms with Crippen LogP contribution in [-0.2, 0) is 10.1 Å². The molecule has 0 aliphatic carbocycles. The number of hydrogen-bond donors (Lipinski definition) is 1. The van der Waals surface area contributed by atoms with Crippen LogP contribution in [0.25, 0.3) is 16.5 Å². The molecule has 0 unspecified atom stereocenters. The number of hydrogen-bond acceptors (Lipinski definition) is 5. The molecule has 2 aromatic rings. The second-order valence-corrected chi connectivity index (χ2v) is 8.60. The number of H-pyrrole nitrogens is 1. The lowest BCUT2D eigenvalue weighted by molar-refractivity contribution is -0.0499. The normalized spacial score (nSPS) is 16.0. The number of benzene rings is 1. The third kappa shape index (κ3) is 4.59. The minimum atomic E-state index is -5.84. The summed E-state index contributed by atoms with van der Waals surface area (Å²) in [4.78, 5) is 5.29. The first-order chi connectivity index (χ1) is 14.2. The van der Waals surface area contributed by atoms with Crippen LogP contribution >= 0.6 is 0 Å². The van der Waals surface area contributed by atoms with E-state index in [1.807, 2.05) is 6.08 Å². The minimum Gasteiger partial charge on any atom is -0.493 e. The van der Waals surface area contributed by atoms with Crippen LogP contribution in [0.4, 0.5) is 13.2 Å². The van der Waals surface area contributed by atoms with Crippen LogP contribution in [0, 0.1) is 0 Å². The average molecular weight is 446 g/mol. The lowest BCUT2D eigenvalue weighted by Crippen LogP contribution is -2.30. The molecule has 0 radical (unpaired) electrons. The van der Waals surface area contributed by atoms with Crippen LogP contribution in [0.3, 0.4) is 0 Å². The van der Waals surface area contributed by atoms with Gasteiger partial charge in [0.25, 0.3) is 0 Å². The molecule has 3 rings (SSSR count). The van der Waals surface area contributed by atoms with E-state index in [0.717, 1.165) is 25.9 Å². The van der Waals surface area contributed by atoms with E-state index < -0.39 is 15.6 Å². The van der Waals surface area contributed by atoms with Gasteiger partial charge in [0, 0.05) is 13.1 Å². The van der Waals surface area contributed by atoms with Crippen molar-refractivity contribution in [3.63, 3.8) is 0 Å². The molecule has 0 fully saturated rings. The first kappa shape index (κ1) is 22.5. The fraction of sp³-hybridized carbons (Fsp3) is 0.500. The van der Waals surface area contributed by atoms with E-state index in [1.54, 1.807) is 25.1 Å². The van der Waals surface area contributed by atoms with E-state index in [-0.39, 0.29) is 29.2 Å². The van der Waals surface area contributed by atoms with Gasteiger partial charge in [-0.3, -0.25) is 4.90 Å². The highest BCUT2D eigenvalue weighted by Crippen LogP contribution is 2.43. The summed E-state index contributed by atoms with van der Waals surface area (Å²) in [5.41, 5.74) is -4.14. The Balaban J connectivity index is 2.08. The van der Waals surface area contributed by atoms with E-state index in [0.29, 0.717) is 24.1 Å². The molecule has 0 atom stereocenters. The summed E-state index contributed by atoms with van der Waals surface area (Å²) in [5, 5.41) is 0.177. The maximum atomic E-state index is 13.0. The van der Waals surface area contributed by atoms with Crippen LogP contribution in [0.5, 0.6) is 11.5 Å². The SMILES string of the molecule is CCCCN1CC=C(c2[nH]c3cccc(OCC)c3c2OS(=O)(=O)C(F)(F)F)CC1. The van der Waals surface area contributed by atoms with Gasteiger partial charge < -0.3 is 13.9 Å². The van der Waals surface area contributed by atoms with Crippen molar-refractivity contribution in [2.45, 2.75) is 38.6 Å². The Morgan fingerprint density at radius 3 is 2.60 bits per heavy atom. The lowest BCUT2D eigenvalue weighted by atomic mass is 10.0. The standard InChI is InChI=1S/C20H25F3N2O4S/c1-3-5-11-25-12-9-14(10-13-25)18-19(29-30(26,27)20(21,22)23)17-15(24-18)7-6-8-16(17)28-4-2/h6-9,24H,3-5,10-13H2,1-2H3. The zero-order valence-electron chi connectivity index (χ0n) is 16.9. The molecule has 0 saturated heterocycles. The molecule has 1 aromatic heterocycles. The third-order valence-electron chi connectivity index (χ3n) is 4.96. The van der Waals surface area contributed by atoms with Crippen molar-refractivity contribution in [2.75, 3.05) is 26.2 Å². The number of halogens is 3. The van der Waals surface area contributed by atoms with Crippen molar-refractivity contribution < 1.29 is 30.5 Å². The van der Waals surface area contributed by atoms with Crippen molar-refractivity contribution in [2.24, 2.45) is 0 Å². The molecule has 1 aliphatic rings. The second-order valence-electron chi connectivity index (χ2n) is 7.06. The van der Waals surface area contributed by atoms with Crippen LogP contribution < -0.4 is 8.92 Å².